The second-order valence-electron chi connectivity index (χ2n) is 8.68. The Morgan fingerprint density at radius 3 is 2.54 bits per heavy atom. The SMILES string of the molecule is COc1cc(CNC(C)C)ccc1Nc1nccc(NCc2ccc(C)cc2N(C)S(C)(=O)=O)n1. The normalized spacial score (nSPS) is 11.4. The van der Waals surface area contributed by atoms with E-state index in [1.807, 2.05) is 43.3 Å². The fourth-order valence-electron chi connectivity index (χ4n) is 3.39. The molecule has 0 aliphatic heterocycles. The summed E-state index contributed by atoms with van der Waals surface area (Å²) in [5, 5.41) is 9.88. The Kier molecular flexibility index (Phi) is 8.52. The van der Waals surface area contributed by atoms with Gasteiger partial charge in [0, 0.05) is 32.4 Å². The summed E-state index contributed by atoms with van der Waals surface area (Å²) in [6.07, 6.45) is 2.85. The Balaban J connectivity index is 1.74. The molecule has 0 saturated carbocycles. The van der Waals surface area contributed by atoms with E-state index in [-0.39, 0.29) is 0 Å². The first kappa shape index (κ1) is 26.2. The van der Waals surface area contributed by atoms with Crippen LogP contribution in [0, 0.1) is 6.92 Å². The van der Waals surface area contributed by atoms with Crippen molar-refractivity contribution in [2.24, 2.45) is 0 Å². The fraction of sp³-hybridized carbons (Fsp3) is 0.360. The van der Waals surface area contributed by atoms with Crippen LogP contribution in [0.1, 0.15) is 30.5 Å². The zero-order valence-corrected chi connectivity index (χ0v) is 21.9. The summed E-state index contributed by atoms with van der Waals surface area (Å²) in [4.78, 5) is 8.87. The lowest BCUT2D eigenvalue weighted by Gasteiger charge is -2.21. The minimum absolute atomic E-state index is 0.394. The maximum absolute atomic E-state index is 12.1. The summed E-state index contributed by atoms with van der Waals surface area (Å²) in [6.45, 7) is 7.29. The Morgan fingerprint density at radius 1 is 1.09 bits per heavy atom. The lowest BCUT2D eigenvalue weighted by molar-refractivity contribution is 0.416. The Morgan fingerprint density at radius 2 is 1.86 bits per heavy atom. The molecule has 10 heteroatoms. The molecule has 3 rings (SSSR count). The lowest BCUT2D eigenvalue weighted by atomic mass is 10.1. The van der Waals surface area contributed by atoms with E-state index in [4.69, 9.17) is 4.74 Å². The van der Waals surface area contributed by atoms with E-state index in [9.17, 15) is 8.42 Å². The van der Waals surface area contributed by atoms with Crippen molar-refractivity contribution in [2.75, 3.05) is 35.4 Å². The van der Waals surface area contributed by atoms with Gasteiger partial charge in [-0.3, -0.25) is 4.31 Å². The first-order chi connectivity index (χ1) is 16.6. The number of benzene rings is 2. The van der Waals surface area contributed by atoms with Gasteiger partial charge in [-0.15, -0.1) is 0 Å². The highest BCUT2D eigenvalue weighted by molar-refractivity contribution is 7.92. The molecule has 0 saturated heterocycles. The van der Waals surface area contributed by atoms with Crippen LogP contribution in [0.2, 0.25) is 0 Å². The zero-order valence-electron chi connectivity index (χ0n) is 21.1. The number of nitrogens with one attached hydrogen (secondary N) is 3. The van der Waals surface area contributed by atoms with Crippen LogP contribution in [0.5, 0.6) is 5.75 Å². The average molecular weight is 499 g/mol. The van der Waals surface area contributed by atoms with Gasteiger partial charge in [0.1, 0.15) is 11.6 Å². The van der Waals surface area contributed by atoms with Crippen LogP contribution in [0.3, 0.4) is 0 Å². The van der Waals surface area contributed by atoms with Crippen LogP contribution in [0.25, 0.3) is 0 Å². The van der Waals surface area contributed by atoms with E-state index >= 15 is 0 Å². The number of aryl methyl sites for hydroxylation is 1. The molecule has 0 fully saturated rings. The molecule has 0 amide bonds. The van der Waals surface area contributed by atoms with Gasteiger partial charge >= 0.3 is 0 Å². The molecule has 0 bridgehead atoms. The summed E-state index contributed by atoms with van der Waals surface area (Å²) in [6, 6.07) is 13.8. The van der Waals surface area contributed by atoms with Gasteiger partial charge in [0.05, 0.1) is 24.7 Å². The van der Waals surface area contributed by atoms with Crippen molar-refractivity contribution in [2.45, 2.75) is 39.9 Å². The van der Waals surface area contributed by atoms with Crippen molar-refractivity contribution in [3.05, 3.63) is 65.4 Å². The van der Waals surface area contributed by atoms with E-state index in [0.717, 1.165) is 28.9 Å². The van der Waals surface area contributed by atoms with Crippen LogP contribution < -0.4 is 25.0 Å². The number of methoxy groups -OCH3 is 1. The first-order valence-electron chi connectivity index (χ1n) is 11.3. The molecule has 3 aromatic rings. The summed E-state index contributed by atoms with van der Waals surface area (Å²) in [7, 11) is -0.199. The minimum atomic E-state index is -3.38. The lowest BCUT2D eigenvalue weighted by Crippen LogP contribution is -2.26. The van der Waals surface area contributed by atoms with Crippen molar-refractivity contribution in [3.63, 3.8) is 0 Å². The largest absolute Gasteiger partial charge is 0.495 e. The van der Waals surface area contributed by atoms with Gasteiger partial charge in [-0.1, -0.05) is 32.0 Å². The number of sulfonamides is 1. The molecule has 1 heterocycles. The van der Waals surface area contributed by atoms with Crippen molar-refractivity contribution in [1.29, 1.82) is 0 Å². The molecule has 0 aliphatic carbocycles. The van der Waals surface area contributed by atoms with Crippen molar-refractivity contribution in [1.82, 2.24) is 15.3 Å². The third-order valence-corrected chi connectivity index (χ3v) is 6.61. The second-order valence-corrected chi connectivity index (χ2v) is 10.7. The Hall–Kier alpha value is -3.37. The number of anilines is 4. The van der Waals surface area contributed by atoms with Crippen molar-refractivity contribution >= 4 is 33.2 Å². The molecule has 0 atom stereocenters. The van der Waals surface area contributed by atoms with Crippen molar-refractivity contribution in [3.8, 4) is 5.75 Å². The monoisotopic (exact) mass is 498 g/mol. The van der Waals surface area contributed by atoms with E-state index in [0.29, 0.717) is 35.8 Å². The molecular formula is C25H34N6O3S. The third kappa shape index (κ3) is 7.30. The summed E-state index contributed by atoms with van der Waals surface area (Å²) < 4.78 is 31.0. The Labute approximate surface area is 208 Å². The van der Waals surface area contributed by atoms with Gasteiger partial charge in [0.25, 0.3) is 0 Å². The smallest absolute Gasteiger partial charge is 0.232 e. The fourth-order valence-corrected chi connectivity index (χ4v) is 3.92. The molecule has 2 aromatic carbocycles. The minimum Gasteiger partial charge on any atom is -0.495 e. The highest BCUT2D eigenvalue weighted by Gasteiger charge is 2.16. The standard InChI is InChI=1S/C25H34N6O3S/c1-17(2)27-15-19-8-10-21(23(14-19)34-5)29-25-26-12-11-24(30-25)28-16-20-9-7-18(3)13-22(20)31(4)35(6,32)33/h7-14,17,27H,15-16H2,1-6H3,(H2,26,28,29,30). The number of aromatic nitrogens is 2. The van der Waals surface area contributed by atoms with Crippen LogP contribution in [0.15, 0.2) is 48.7 Å². The van der Waals surface area contributed by atoms with Crippen molar-refractivity contribution < 1.29 is 13.2 Å². The number of nitrogens with zero attached hydrogens (tertiary/aromatic N) is 3. The Bertz CT molecular complexity index is 1260. The van der Waals surface area contributed by atoms with Gasteiger partial charge in [0.15, 0.2) is 0 Å². The number of rotatable bonds is 11. The van der Waals surface area contributed by atoms with Gasteiger partial charge in [-0.2, -0.15) is 4.98 Å². The highest BCUT2D eigenvalue weighted by Crippen LogP contribution is 2.28. The van der Waals surface area contributed by atoms with E-state index < -0.39 is 10.0 Å². The number of ether oxygens (including phenoxy) is 1. The molecule has 9 nitrogen and oxygen atoms in total. The molecule has 1 aromatic heterocycles. The molecule has 0 unspecified atom stereocenters. The summed E-state index contributed by atoms with van der Waals surface area (Å²) in [5.74, 6) is 1.72. The van der Waals surface area contributed by atoms with Gasteiger partial charge in [-0.25, -0.2) is 13.4 Å². The number of hydrogen-bond donors (Lipinski definition) is 3. The molecule has 0 aliphatic rings. The topological polar surface area (TPSA) is 108 Å². The van der Waals surface area contributed by atoms with Crippen LogP contribution in [-0.4, -0.2) is 44.8 Å². The summed E-state index contributed by atoms with van der Waals surface area (Å²) >= 11 is 0. The predicted molar refractivity (Wildman–Crippen MR) is 142 cm³/mol. The highest BCUT2D eigenvalue weighted by atomic mass is 32.2. The first-order valence-corrected chi connectivity index (χ1v) is 13.2. The van der Waals surface area contributed by atoms with Gasteiger partial charge in [-0.05, 0) is 47.9 Å². The quantitative estimate of drug-likeness (QED) is 0.363. The van der Waals surface area contributed by atoms with E-state index in [1.165, 1.54) is 10.6 Å². The second kappa shape index (κ2) is 11.4. The maximum atomic E-state index is 12.1. The number of hydrogen-bond acceptors (Lipinski definition) is 8. The predicted octanol–water partition coefficient (Wildman–Crippen LogP) is 4.04. The van der Waals surface area contributed by atoms with Gasteiger partial charge < -0.3 is 20.7 Å². The van der Waals surface area contributed by atoms with Crippen LogP contribution >= 0.6 is 0 Å². The van der Waals surface area contributed by atoms with Gasteiger partial charge in [0.2, 0.25) is 16.0 Å². The molecular weight excluding hydrogens is 464 g/mol. The average Bonchev–Trinajstić information content (AvgIpc) is 2.81. The summed E-state index contributed by atoms with van der Waals surface area (Å²) in [5.41, 5.74) is 4.32. The molecule has 35 heavy (non-hydrogen) atoms. The maximum Gasteiger partial charge on any atom is 0.232 e. The third-order valence-electron chi connectivity index (χ3n) is 5.42. The molecule has 0 spiro atoms. The van der Waals surface area contributed by atoms with E-state index in [1.54, 1.807) is 26.4 Å². The van der Waals surface area contributed by atoms with Crippen LogP contribution in [0.4, 0.5) is 23.1 Å². The molecule has 3 N–H and O–H groups in total. The molecule has 188 valence electrons. The zero-order chi connectivity index (χ0) is 25.6. The molecule has 0 radical (unpaired) electrons. The van der Waals surface area contributed by atoms with E-state index in [2.05, 4.69) is 39.8 Å². The van der Waals surface area contributed by atoms with Crippen LogP contribution in [-0.2, 0) is 23.1 Å².